The van der Waals surface area contributed by atoms with Gasteiger partial charge in [-0.2, -0.15) is 0 Å². The van der Waals surface area contributed by atoms with Crippen LogP contribution in [0.15, 0.2) is 24.3 Å². The van der Waals surface area contributed by atoms with Crippen LogP contribution in [0.3, 0.4) is 0 Å². The average molecular weight is 260 g/mol. The van der Waals surface area contributed by atoms with Gasteiger partial charge >= 0.3 is 5.97 Å². The molecule has 0 radical (unpaired) electrons. The molecule has 3 heteroatoms. The summed E-state index contributed by atoms with van der Waals surface area (Å²) in [6.07, 6.45) is 0.828. The zero-order chi connectivity index (χ0) is 14.3. The zero-order valence-corrected chi connectivity index (χ0v) is 11.7. The van der Waals surface area contributed by atoms with Crippen molar-refractivity contribution >= 4 is 5.97 Å². The van der Waals surface area contributed by atoms with Crippen molar-refractivity contribution in [3.05, 3.63) is 29.8 Å². The Labute approximate surface area is 114 Å². The first-order valence-corrected chi connectivity index (χ1v) is 6.47. The van der Waals surface area contributed by atoms with Gasteiger partial charge in [0.25, 0.3) is 0 Å². The predicted octanol–water partition coefficient (Wildman–Crippen LogP) is 3.23. The average Bonchev–Trinajstić information content (AvgIpc) is 2.41. The van der Waals surface area contributed by atoms with Crippen LogP contribution in [0.5, 0.6) is 5.75 Å². The molecule has 0 bridgehead atoms. The van der Waals surface area contributed by atoms with Crippen LogP contribution in [0.25, 0.3) is 0 Å². The molecule has 0 aromatic heterocycles. The van der Waals surface area contributed by atoms with Crippen LogP contribution in [0.4, 0.5) is 0 Å². The van der Waals surface area contributed by atoms with Crippen LogP contribution in [0.1, 0.15) is 39.2 Å². The molecule has 1 atom stereocenters. The van der Waals surface area contributed by atoms with Crippen molar-refractivity contribution in [3.63, 3.8) is 0 Å². The Kier molecular flexibility index (Phi) is 5.44. The summed E-state index contributed by atoms with van der Waals surface area (Å²) in [5.41, 5.74) is -0.165. The van der Waals surface area contributed by atoms with Crippen molar-refractivity contribution < 1.29 is 14.6 Å². The Morgan fingerprint density at radius 3 is 2.37 bits per heavy atom. The third-order valence-electron chi connectivity index (χ3n) is 3.30. The van der Waals surface area contributed by atoms with Gasteiger partial charge in [-0.1, -0.05) is 19.1 Å². The number of hydrogen-bond donors (Lipinski definition) is 1. The molecule has 19 heavy (non-hydrogen) atoms. The predicted molar refractivity (Wildman–Crippen MR) is 75.3 cm³/mol. The first-order chi connectivity index (χ1) is 9.10. The van der Waals surface area contributed by atoms with E-state index in [0.717, 1.165) is 11.3 Å². The summed E-state index contributed by atoms with van der Waals surface area (Å²) in [6.45, 7) is 6.11. The Balaban J connectivity index is 3.15. The van der Waals surface area contributed by atoms with Crippen molar-refractivity contribution in [2.45, 2.75) is 39.0 Å². The second kappa shape index (κ2) is 6.84. The molecule has 0 amide bonds. The molecule has 1 N–H and O–H groups in total. The topological polar surface area (TPSA) is 46.5 Å². The molecule has 1 aromatic carbocycles. The summed E-state index contributed by atoms with van der Waals surface area (Å²) in [5.74, 6) is 5.59. The van der Waals surface area contributed by atoms with Crippen molar-refractivity contribution in [1.82, 2.24) is 0 Å². The smallest absolute Gasteiger partial charge is 0.315 e. The van der Waals surface area contributed by atoms with E-state index >= 15 is 0 Å². The van der Waals surface area contributed by atoms with Crippen LogP contribution >= 0.6 is 0 Å². The highest BCUT2D eigenvalue weighted by Crippen LogP contribution is 2.33. The molecule has 0 aliphatic heterocycles. The highest BCUT2D eigenvalue weighted by molar-refractivity contribution is 5.82. The van der Waals surface area contributed by atoms with Crippen LogP contribution in [-0.4, -0.2) is 17.7 Å². The maximum Gasteiger partial charge on any atom is 0.315 e. The summed E-state index contributed by atoms with van der Waals surface area (Å²) in [6, 6.07) is 7.26. The van der Waals surface area contributed by atoms with E-state index < -0.39 is 11.4 Å². The van der Waals surface area contributed by atoms with Gasteiger partial charge in [-0.05, 0) is 38.0 Å². The minimum atomic E-state index is -0.937. The first kappa shape index (κ1) is 15.1. The molecule has 1 rings (SSSR count). The van der Waals surface area contributed by atoms with Crippen LogP contribution in [0, 0.1) is 11.8 Å². The van der Waals surface area contributed by atoms with E-state index in [9.17, 15) is 9.90 Å². The summed E-state index contributed by atoms with van der Waals surface area (Å²) in [4.78, 5) is 11.7. The monoisotopic (exact) mass is 260 g/mol. The zero-order valence-electron chi connectivity index (χ0n) is 11.7. The van der Waals surface area contributed by atoms with Gasteiger partial charge in [0, 0.05) is 6.42 Å². The van der Waals surface area contributed by atoms with Crippen molar-refractivity contribution in [2.75, 3.05) is 6.61 Å². The molecule has 0 aliphatic rings. The molecular formula is C16H20O3. The standard InChI is InChI=1S/C16H20O3/c1-4-7-12-16(5-2,15(17)18)13-8-10-14(11-9-13)19-6-3/h8-11H,5-6,12H2,1-3H3,(H,17,18). The number of carbonyl (C=O) groups is 1. The maximum atomic E-state index is 11.7. The van der Waals surface area contributed by atoms with E-state index in [1.807, 2.05) is 38.1 Å². The molecule has 0 aliphatic carbocycles. The highest BCUT2D eigenvalue weighted by Gasteiger charge is 2.37. The molecule has 3 nitrogen and oxygen atoms in total. The van der Waals surface area contributed by atoms with Crippen LogP contribution in [-0.2, 0) is 10.2 Å². The van der Waals surface area contributed by atoms with Crippen molar-refractivity contribution in [3.8, 4) is 17.6 Å². The van der Waals surface area contributed by atoms with E-state index in [4.69, 9.17) is 4.74 Å². The SMILES string of the molecule is CC#CCC(CC)(C(=O)O)c1ccc(OCC)cc1. The summed E-state index contributed by atoms with van der Waals surface area (Å²) < 4.78 is 5.37. The maximum absolute atomic E-state index is 11.7. The van der Waals surface area contributed by atoms with Gasteiger partial charge in [0.2, 0.25) is 0 Å². The molecule has 0 saturated heterocycles. The van der Waals surface area contributed by atoms with E-state index in [-0.39, 0.29) is 0 Å². The van der Waals surface area contributed by atoms with Crippen molar-refractivity contribution in [1.29, 1.82) is 0 Å². The second-order valence-corrected chi connectivity index (χ2v) is 4.30. The fourth-order valence-corrected chi connectivity index (χ4v) is 2.06. The molecule has 1 unspecified atom stereocenters. The van der Waals surface area contributed by atoms with Crippen LogP contribution < -0.4 is 4.74 Å². The van der Waals surface area contributed by atoms with E-state index in [0.29, 0.717) is 19.4 Å². The van der Waals surface area contributed by atoms with E-state index in [1.54, 1.807) is 6.92 Å². The Bertz CT molecular complexity index is 479. The molecule has 0 fully saturated rings. The minimum absolute atomic E-state index is 0.323. The van der Waals surface area contributed by atoms with Crippen molar-refractivity contribution in [2.24, 2.45) is 0 Å². The quantitative estimate of drug-likeness (QED) is 0.799. The third kappa shape index (κ3) is 3.29. The lowest BCUT2D eigenvalue weighted by molar-refractivity contribution is -0.143. The Morgan fingerprint density at radius 1 is 1.32 bits per heavy atom. The molecule has 102 valence electrons. The molecule has 0 spiro atoms. The number of carboxylic acids is 1. The number of aliphatic carboxylic acids is 1. The van der Waals surface area contributed by atoms with E-state index in [2.05, 4.69) is 11.8 Å². The number of hydrogen-bond acceptors (Lipinski definition) is 2. The lowest BCUT2D eigenvalue weighted by Gasteiger charge is -2.26. The summed E-state index contributed by atoms with van der Waals surface area (Å²) in [7, 11) is 0. The van der Waals surface area contributed by atoms with Gasteiger partial charge in [0.1, 0.15) is 11.2 Å². The van der Waals surface area contributed by atoms with E-state index in [1.165, 1.54) is 0 Å². The van der Waals surface area contributed by atoms with Crippen LogP contribution in [0.2, 0.25) is 0 Å². The van der Waals surface area contributed by atoms with Gasteiger partial charge in [-0.25, -0.2) is 0 Å². The molecule has 1 aromatic rings. The fourth-order valence-electron chi connectivity index (χ4n) is 2.06. The fraction of sp³-hybridized carbons (Fsp3) is 0.438. The Morgan fingerprint density at radius 2 is 1.95 bits per heavy atom. The molecular weight excluding hydrogens is 240 g/mol. The van der Waals surface area contributed by atoms with Gasteiger partial charge < -0.3 is 9.84 Å². The number of ether oxygens (including phenoxy) is 1. The van der Waals surface area contributed by atoms with Gasteiger partial charge in [0.05, 0.1) is 6.61 Å². The number of carboxylic acid groups (broad SMARTS) is 1. The molecule has 0 heterocycles. The normalized spacial score (nSPS) is 13.0. The minimum Gasteiger partial charge on any atom is -0.494 e. The largest absolute Gasteiger partial charge is 0.494 e. The summed E-state index contributed by atoms with van der Waals surface area (Å²) >= 11 is 0. The third-order valence-corrected chi connectivity index (χ3v) is 3.30. The molecule has 0 saturated carbocycles. The second-order valence-electron chi connectivity index (χ2n) is 4.30. The van der Waals surface area contributed by atoms with Gasteiger partial charge in [-0.15, -0.1) is 11.8 Å². The van der Waals surface area contributed by atoms with Gasteiger partial charge in [-0.3, -0.25) is 4.79 Å². The van der Waals surface area contributed by atoms with Gasteiger partial charge in [0.15, 0.2) is 0 Å². The lowest BCUT2D eigenvalue weighted by atomic mass is 9.75. The Hall–Kier alpha value is -1.95. The summed E-state index contributed by atoms with van der Waals surface area (Å²) in [5, 5.41) is 9.58. The lowest BCUT2D eigenvalue weighted by Crippen LogP contribution is -2.34. The number of rotatable bonds is 6. The first-order valence-electron chi connectivity index (χ1n) is 6.47. The highest BCUT2D eigenvalue weighted by atomic mass is 16.5. The number of benzene rings is 1.